The van der Waals surface area contributed by atoms with Gasteiger partial charge in [0.15, 0.2) is 0 Å². The van der Waals surface area contributed by atoms with Gasteiger partial charge in [-0.25, -0.2) is 0 Å². The van der Waals surface area contributed by atoms with Crippen LogP contribution in [0.1, 0.15) is 38.5 Å². The molecule has 1 rings (SSSR count). The van der Waals surface area contributed by atoms with Gasteiger partial charge in [0, 0.05) is 6.54 Å². The molecule has 94 valence electrons. The third-order valence-corrected chi connectivity index (χ3v) is 3.94. The summed E-state index contributed by atoms with van der Waals surface area (Å²) in [6, 6.07) is -0.323. The van der Waals surface area contributed by atoms with Gasteiger partial charge in [-0.15, -0.1) is 0 Å². The molecule has 0 spiro atoms. The van der Waals surface area contributed by atoms with Crippen molar-refractivity contribution in [2.24, 2.45) is 11.7 Å². The summed E-state index contributed by atoms with van der Waals surface area (Å²) in [7, 11) is 0. The summed E-state index contributed by atoms with van der Waals surface area (Å²) < 4.78 is 0. The van der Waals surface area contributed by atoms with Crippen molar-refractivity contribution in [1.82, 2.24) is 5.32 Å². The molecule has 0 bridgehead atoms. The molecule has 0 aromatic rings. The summed E-state index contributed by atoms with van der Waals surface area (Å²) in [5.74, 6) is 1.81. The van der Waals surface area contributed by atoms with E-state index in [-0.39, 0.29) is 11.9 Å². The van der Waals surface area contributed by atoms with Crippen LogP contribution in [0, 0.1) is 5.92 Å². The first-order valence-electron chi connectivity index (χ1n) is 6.26. The summed E-state index contributed by atoms with van der Waals surface area (Å²) in [5.41, 5.74) is 5.77. The van der Waals surface area contributed by atoms with Crippen molar-refractivity contribution >= 4 is 17.7 Å². The average molecular weight is 244 g/mol. The number of carbonyl (C=O) groups is 1. The first-order chi connectivity index (χ1) is 7.74. The van der Waals surface area contributed by atoms with Crippen LogP contribution in [-0.2, 0) is 4.79 Å². The zero-order valence-corrected chi connectivity index (χ0v) is 11.0. The Bertz CT molecular complexity index is 205. The predicted octanol–water partition coefficient (Wildman–Crippen LogP) is 1.76. The number of hydrogen-bond donors (Lipinski definition) is 2. The van der Waals surface area contributed by atoms with Crippen LogP contribution >= 0.6 is 11.8 Å². The van der Waals surface area contributed by atoms with Gasteiger partial charge in [0.05, 0.1) is 6.04 Å². The normalized spacial score (nSPS) is 18.6. The molecule has 3 nitrogen and oxygen atoms in total. The molecule has 1 saturated carbocycles. The van der Waals surface area contributed by atoms with E-state index in [4.69, 9.17) is 5.73 Å². The van der Waals surface area contributed by atoms with Crippen molar-refractivity contribution in [3.63, 3.8) is 0 Å². The Labute approximate surface area is 103 Å². The quantitative estimate of drug-likeness (QED) is 0.717. The monoisotopic (exact) mass is 244 g/mol. The van der Waals surface area contributed by atoms with E-state index in [0.29, 0.717) is 0 Å². The average Bonchev–Trinajstić information content (AvgIpc) is 2.78. The Morgan fingerprint density at radius 2 is 2.19 bits per heavy atom. The molecule has 1 atom stereocenters. The molecule has 0 aromatic heterocycles. The molecule has 3 N–H and O–H groups in total. The Morgan fingerprint density at radius 1 is 1.50 bits per heavy atom. The zero-order chi connectivity index (χ0) is 11.8. The molecule has 1 aliphatic rings. The minimum Gasteiger partial charge on any atom is -0.355 e. The third kappa shape index (κ3) is 5.21. The number of rotatable bonds is 7. The van der Waals surface area contributed by atoms with Crippen LogP contribution < -0.4 is 11.1 Å². The number of amides is 1. The van der Waals surface area contributed by atoms with Crippen LogP contribution in [0.25, 0.3) is 0 Å². The fourth-order valence-corrected chi connectivity index (χ4v) is 2.70. The molecule has 0 saturated heterocycles. The van der Waals surface area contributed by atoms with Gasteiger partial charge in [0.25, 0.3) is 0 Å². The van der Waals surface area contributed by atoms with Crippen LogP contribution in [0.4, 0.5) is 0 Å². The number of nitrogens with two attached hydrogens (primary N) is 1. The minimum atomic E-state index is -0.323. The summed E-state index contributed by atoms with van der Waals surface area (Å²) in [5, 5.41) is 2.95. The maximum Gasteiger partial charge on any atom is 0.236 e. The van der Waals surface area contributed by atoms with E-state index in [0.717, 1.165) is 31.1 Å². The van der Waals surface area contributed by atoms with Crippen molar-refractivity contribution < 1.29 is 4.79 Å². The van der Waals surface area contributed by atoms with Crippen molar-refractivity contribution in [3.8, 4) is 0 Å². The smallest absolute Gasteiger partial charge is 0.236 e. The molecule has 16 heavy (non-hydrogen) atoms. The van der Waals surface area contributed by atoms with Crippen LogP contribution in [-0.4, -0.2) is 30.5 Å². The van der Waals surface area contributed by atoms with E-state index in [1.807, 2.05) is 6.26 Å². The molecule has 4 heteroatoms. The van der Waals surface area contributed by atoms with Crippen molar-refractivity contribution in [3.05, 3.63) is 0 Å². The maximum absolute atomic E-state index is 11.6. The molecular weight excluding hydrogens is 220 g/mol. The van der Waals surface area contributed by atoms with Gasteiger partial charge in [0.2, 0.25) is 5.91 Å². The SMILES string of the molecule is CSCC[C@H](N)C(=O)NCCC1CCCC1. The molecule has 0 aliphatic heterocycles. The minimum absolute atomic E-state index is 0.0204. The second kappa shape index (κ2) is 7.96. The first-order valence-corrected chi connectivity index (χ1v) is 7.65. The molecule has 0 radical (unpaired) electrons. The van der Waals surface area contributed by atoms with Crippen LogP contribution in [0.3, 0.4) is 0 Å². The van der Waals surface area contributed by atoms with E-state index in [1.165, 1.54) is 25.7 Å². The van der Waals surface area contributed by atoms with E-state index in [9.17, 15) is 4.79 Å². The second-order valence-corrected chi connectivity index (χ2v) is 5.60. The number of nitrogens with one attached hydrogen (secondary N) is 1. The van der Waals surface area contributed by atoms with Gasteiger partial charge in [-0.05, 0) is 30.8 Å². The van der Waals surface area contributed by atoms with Crippen LogP contribution in [0.15, 0.2) is 0 Å². The highest BCUT2D eigenvalue weighted by Gasteiger charge is 2.16. The van der Waals surface area contributed by atoms with E-state index < -0.39 is 0 Å². The number of thioether (sulfide) groups is 1. The highest BCUT2D eigenvalue weighted by atomic mass is 32.2. The number of carbonyl (C=O) groups excluding carboxylic acids is 1. The lowest BCUT2D eigenvalue weighted by Gasteiger charge is -2.13. The fraction of sp³-hybridized carbons (Fsp3) is 0.917. The maximum atomic E-state index is 11.6. The van der Waals surface area contributed by atoms with E-state index in [1.54, 1.807) is 11.8 Å². The molecule has 0 unspecified atom stereocenters. The lowest BCUT2D eigenvalue weighted by Crippen LogP contribution is -2.41. The second-order valence-electron chi connectivity index (χ2n) is 4.62. The lowest BCUT2D eigenvalue weighted by atomic mass is 10.0. The largest absolute Gasteiger partial charge is 0.355 e. The Morgan fingerprint density at radius 3 is 2.81 bits per heavy atom. The van der Waals surface area contributed by atoms with E-state index >= 15 is 0 Å². The summed E-state index contributed by atoms with van der Waals surface area (Å²) in [4.78, 5) is 11.6. The molecule has 0 heterocycles. The third-order valence-electron chi connectivity index (χ3n) is 3.30. The molecule has 1 aliphatic carbocycles. The van der Waals surface area contributed by atoms with Gasteiger partial charge < -0.3 is 11.1 Å². The first kappa shape index (κ1) is 13.8. The van der Waals surface area contributed by atoms with Gasteiger partial charge >= 0.3 is 0 Å². The zero-order valence-electron chi connectivity index (χ0n) is 10.2. The highest BCUT2D eigenvalue weighted by molar-refractivity contribution is 7.98. The van der Waals surface area contributed by atoms with Crippen molar-refractivity contribution in [2.45, 2.75) is 44.6 Å². The predicted molar refractivity (Wildman–Crippen MR) is 70.6 cm³/mol. The van der Waals surface area contributed by atoms with Gasteiger partial charge in [-0.2, -0.15) is 11.8 Å². The Kier molecular flexibility index (Phi) is 6.88. The van der Waals surface area contributed by atoms with Crippen LogP contribution in [0.2, 0.25) is 0 Å². The lowest BCUT2D eigenvalue weighted by molar-refractivity contribution is -0.122. The van der Waals surface area contributed by atoms with E-state index in [2.05, 4.69) is 5.32 Å². The van der Waals surface area contributed by atoms with Gasteiger partial charge in [-0.1, -0.05) is 25.7 Å². The molecule has 1 fully saturated rings. The molecule has 0 aromatic carbocycles. The standard InChI is InChI=1S/C12H24N2OS/c1-16-9-7-11(13)12(15)14-8-6-10-4-2-3-5-10/h10-11H,2-9,13H2,1H3,(H,14,15)/t11-/m0/s1. The topological polar surface area (TPSA) is 55.1 Å². The molecular formula is C12H24N2OS. The summed E-state index contributed by atoms with van der Waals surface area (Å²) in [6.45, 7) is 0.802. The summed E-state index contributed by atoms with van der Waals surface area (Å²) >= 11 is 1.73. The Balaban J connectivity index is 2.04. The van der Waals surface area contributed by atoms with Gasteiger partial charge in [0.1, 0.15) is 0 Å². The number of hydrogen-bond acceptors (Lipinski definition) is 3. The fourth-order valence-electron chi connectivity index (χ4n) is 2.21. The highest BCUT2D eigenvalue weighted by Crippen LogP contribution is 2.26. The summed E-state index contributed by atoms with van der Waals surface area (Å²) in [6.07, 6.45) is 9.35. The molecule has 1 amide bonds. The van der Waals surface area contributed by atoms with Crippen LogP contribution in [0.5, 0.6) is 0 Å². The van der Waals surface area contributed by atoms with Gasteiger partial charge in [-0.3, -0.25) is 4.79 Å². The van der Waals surface area contributed by atoms with Crippen molar-refractivity contribution in [1.29, 1.82) is 0 Å². The Hall–Kier alpha value is -0.220. The van der Waals surface area contributed by atoms with Crippen molar-refractivity contribution in [2.75, 3.05) is 18.6 Å².